The second-order valence-electron chi connectivity index (χ2n) is 8.64. The third kappa shape index (κ3) is 14.9. The lowest BCUT2D eigenvalue weighted by Gasteiger charge is -2.16. The van der Waals surface area contributed by atoms with Gasteiger partial charge in [-0.25, -0.2) is 0 Å². The van der Waals surface area contributed by atoms with Crippen LogP contribution in [0.15, 0.2) is 0 Å². The van der Waals surface area contributed by atoms with Crippen LogP contribution in [0.25, 0.3) is 0 Å². The van der Waals surface area contributed by atoms with Gasteiger partial charge in [0, 0.05) is 0 Å². The SMILES string of the molecule is CCCC[C@H](C)CCC[C@@H](C)CCC[C@@H](C)CCCC(C)C. The first-order valence-electron chi connectivity index (χ1n) is 10.5. The van der Waals surface area contributed by atoms with Crippen molar-refractivity contribution in [2.45, 2.75) is 119 Å². The molecule has 0 saturated heterocycles. The minimum absolute atomic E-state index is 0.881. The monoisotopic (exact) mass is 310 g/mol. The molecule has 0 fully saturated rings. The Kier molecular flexibility index (Phi) is 14.6. The first kappa shape index (κ1) is 22.0. The van der Waals surface area contributed by atoms with E-state index in [1.807, 2.05) is 0 Å². The summed E-state index contributed by atoms with van der Waals surface area (Å²) in [5, 5.41) is 0. The Balaban J connectivity index is 3.46. The molecule has 0 aromatic carbocycles. The highest BCUT2D eigenvalue weighted by Gasteiger charge is 2.07. The Morgan fingerprint density at radius 1 is 0.455 bits per heavy atom. The molecule has 0 heterocycles. The van der Waals surface area contributed by atoms with E-state index in [-0.39, 0.29) is 0 Å². The van der Waals surface area contributed by atoms with Gasteiger partial charge in [-0.1, -0.05) is 119 Å². The van der Waals surface area contributed by atoms with Crippen molar-refractivity contribution in [2.24, 2.45) is 23.7 Å². The summed E-state index contributed by atoms with van der Waals surface area (Å²) in [7, 11) is 0. The predicted molar refractivity (Wildman–Crippen MR) is 103 cm³/mol. The molecule has 0 rings (SSSR count). The molecule has 0 aliphatic carbocycles. The van der Waals surface area contributed by atoms with Gasteiger partial charge in [-0.05, 0) is 23.7 Å². The summed E-state index contributed by atoms with van der Waals surface area (Å²) >= 11 is 0. The van der Waals surface area contributed by atoms with Gasteiger partial charge in [-0.15, -0.1) is 0 Å². The minimum Gasteiger partial charge on any atom is -0.0654 e. The van der Waals surface area contributed by atoms with Gasteiger partial charge in [0.1, 0.15) is 0 Å². The van der Waals surface area contributed by atoms with E-state index in [9.17, 15) is 0 Å². The van der Waals surface area contributed by atoms with Gasteiger partial charge >= 0.3 is 0 Å². The van der Waals surface area contributed by atoms with Crippen LogP contribution in [0.5, 0.6) is 0 Å². The van der Waals surface area contributed by atoms with Crippen LogP contribution < -0.4 is 0 Å². The molecule has 0 radical (unpaired) electrons. The predicted octanol–water partition coefficient (Wildman–Crippen LogP) is 8.25. The molecule has 0 nitrogen and oxygen atoms in total. The number of hydrogen-bond donors (Lipinski definition) is 0. The van der Waals surface area contributed by atoms with Crippen molar-refractivity contribution in [3.63, 3.8) is 0 Å². The molecule has 0 aromatic heterocycles. The van der Waals surface area contributed by atoms with Crippen molar-refractivity contribution >= 4 is 0 Å². The van der Waals surface area contributed by atoms with Crippen LogP contribution in [-0.4, -0.2) is 0 Å². The van der Waals surface area contributed by atoms with E-state index >= 15 is 0 Å². The van der Waals surface area contributed by atoms with Crippen molar-refractivity contribution < 1.29 is 0 Å². The van der Waals surface area contributed by atoms with Gasteiger partial charge in [0.2, 0.25) is 0 Å². The van der Waals surface area contributed by atoms with Crippen LogP contribution in [0, 0.1) is 23.7 Å². The highest BCUT2D eigenvalue weighted by Crippen LogP contribution is 2.23. The van der Waals surface area contributed by atoms with E-state index in [1.165, 1.54) is 77.0 Å². The molecule has 0 aromatic rings. The molecular weight excluding hydrogens is 264 g/mol. The standard InChI is InChI=1S/C22H46/c1-7-8-13-20(4)15-10-17-22(6)18-11-16-21(5)14-9-12-19(2)3/h19-22H,7-18H2,1-6H3/t20-,21-,22+/m0/s1. The largest absolute Gasteiger partial charge is 0.0654 e. The fourth-order valence-electron chi connectivity index (χ4n) is 3.49. The average molecular weight is 311 g/mol. The zero-order valence-corrected chi connectivity index (χ0v) is 16.8. The summed E-state index contributed by atoms with van der Waals surface area (Å²) in [5.74, 6) is 3.72. The molecule has 22 heavy (non-hydrogen) atoms. The van der Waals surface area contributed by atoms with Crippen molar-refractivity contribution in [2.75, 3.05) is 0 Å². The van der Waals surface area contributed by atoms with Gasteiger partial charge in [0.15, 0.2) is 0 Å². The molecule has 0 spiro atoms. The van der Waals surface area contributed by atoms with Gasteiger partial charge in [-0.3, -0.25) is 0 Å². The first-order chi connectivity index (χ1) is 10.5. The Labute approximate surface area is 142 Å². The Morgan fingerprint density at radius 2 is 0.773 bits per heavy atom. The van der Waals surface area contributed by atoms with Crippen LogP contribution in [0.4, 0.5) is 0 Å². The van der Waals surface area contributed by atoms with Crippen LogP contribution in [-0.2, 0) is 0 Å². The minimum atomic E-state index is 0.881. The molecule has 0 aliphatic heterocycles. The summed E-state index contributed by atoms with van der Waals surface area (Å²) in [5.41, 5.74) is 0. The topological polar surface area (TPSA) is 0 Å². The smallest absolute Gasteiger partial charge is 0.0443 e. The molecule has 0 aliphatic rings. The van der Waals surface area contributed by atoms with E-state index in [4.69, 9.17) is 0 Å². The lowest BCUT2D eigenvalue weighted by Crippen LogP contribution is -2.01. The van der Waals surface area contributed by atoms with Gasteiger partial charge in [-0.2, -0.15) is 0 Å². The van der Waals surface area contributed by atoms with Gasteiger partial charge in [0.05, 0.1) is 0 Å². The van der Waals surface area contributed by atoms with E-state index < -0.39 is 0 Å². The summed E-state index contributed by atoms with van der Waals surface area (Å²) in [4.78, 5) is 0. The van der Waals surface area contributed by atoms with Crippen LogP contribution in [0.1, 0.15) is 119 Å². The zero-order chi connectivity index (χ0) is 16.8. The summed E-state index contributed by atoms with van der Waals surface area (Å²) in [6.45, 7) is 14.4. The molecule has 3 atom stereocenters. The second-order valence-corrected chi connectivity index (χ2v) is 8.64. The number of rotatable bonds is 15. The summed E-state index contributed by atoms with van der Waals surface area (Å²) in [6, 6.07) is 0. The third-order valence-corrected chi connectivity index (χ3v) is 5.32. The van der Waals surface area contributed by atoms with Crippen molar-refractivity contribution in [3.8, 4) is 0 Å². The molecular formula is C22H46. The number of hydrogen-bond acceptors (Lipinski definition) is 0. The maximum Gasteiger partial charge on any atom is -0.0443 e. The molecule has 0 heteroatoms. The fourth-order valence-corrected chi connectivity index (χ4v) is 3.49. The zero-order valence-electron chi connectivity index (χ0n) is 16.8. The third-order valence-electron chi connectivity index (χ3n) is 5.32. The second kappa shape index (κ2) is 14.6. The fraction of sp³-hybridized carbons (Fsp3) is 1.00. The summed E-state index contributed by atoms with van der Waals surface area (Å²) < 4.78 is 0. The van der Waals surface area contributed by atoms with Crippen LogP contribution in [0.2, 0.25) is 0 Å². The van der Waals surface area contributed by atoms with E-state index in [2.05, 4.69) is 41.5 Å². The molecule has 0 bridgehead atoms. The highest BCUT2D eigenvalue weighted by atomic mass is 14.1. The van der Waals surface area contributed by atoms with E-state index in [0.29, 0.717) is 0 Å². The Bertz CT molecular complexity index is 218. The van der Waals surface area contributed by atoms with E-state index in [0.717, 1.165) is 23.7 Å². The quantitative estimate of drug-likeness (QED) is 0.285. The molecule has 0 amide bonds. The first-order valence-corrected chi connectivity index (χ1v) is 10.5. The average Bonchev–Trinajstić information content (AvgIpc) is 2.44. The van der Waals surface area contributed by atoms with E-state index in [1.54, 1.807) is 0 Å². The van der Waals surface area contributed by atoms with Crippen molar-refractivity contribution in [1.29, 1.82) is 0 Å². The van der Waals surface area contributed by atoms with Gasteiger partial charge < -0.3 is 0 Å². The maximum atomic E-state index is 2.47. The molecule has 0 saturated carbocycles. The lowest BCUT2D eigenvalue weighted by molar-refractivity contribution is 0.372. The highest BCUT2D eigenvalue weighted by molar-refractivity contribution is 4.61. The van der Waals surface area contributed by atoms with Crippen molar-refractivity contribution in [3.05, 3.63) is 0 Å². The van der Waals surface area contributed by atoms with Crippen LogP contribution >= 0.6 is 0 Å². The lowest BCUT2D eigenvalue weighted by atomic mass is 9.90. The molecule has 0 unspecified atom stereocenters. The molecule has 134 valence electrons. The number of unbranched alkanes of at least 4 members (excludes halogenated alkanes) is 1. The summed E-state index contributed by atoms with van der Waals surface area (Å²) in [6.07, 6.45) is 17.2. The molecule has 0 N–H and O–H groups in total. The Morgan fingerprint density at radius 3 is 1.09 bits per heavy atom. The Hall–Kier alpha value is 0. The van der Waals surface area contributed by atoms with Gasteiger partial charge in [0.25, 0.3) is 0 Å². The van der Waals surface area contributed by atoms with Crippen molar-refractivity contribution in [1.82, 2.24) is 0 Å². The maximum absolute atomic E-state index is 2.47. The van der Waals surface area contributed by atoms with Crippen LogP contribution in [0.3, 0.4) is 0 Å². The normalized spacial score (nSPS) is 16.0.